The van der Waals surface area contributed by atoms with Crippen LogP contribution in [0.1, 0.15) is 20.3 Å². The van der Waals surface area contributed by atoms with Gasteiger partial charge >= 0.3 is 6.03 Å². The third kappa shape index (κ3) is 6.59. The molecule has 0 spiro atoms. The van der Waals surface area contributed by atoms with Crippen LogP contribution >= 0.6 is 43.2 Å². The number of hydrogen-bond acceptors (Lipinski definition) is 5. The minimum atomic E-state index is -0.722. The van der Waals surface area contributed by atoms with Crippen LogP contribution in [-0.2, 0) is 4.79 Å². The molecule has 0 aliphatic heterocycles. The van der Waals surface area contributed by atoms with Gasteiger partial charge in [0.05, 0.1) is 0 Å². The summed E-state index contributed by atoms with van der Waals surface area (Å²) in [4.78, 5) is 25.4. The van der Waals surface area contributed by atoms with Crippen molar-refractivity contribution >= 4 is 66.0 Å². The maximum atomic E-state index is 12.9. The zero-order valence-corrected chi connectivity index (χ0v) is 20.8. The first kappa shape index (κ1) is 23.4. The van der Waals surface area contributed by atoms with Crippen LogP contribution in [0.15, 0.2) is 57.5 Å². The summed E-state index contributed by atoms with van der Waals surface area (Å²) >= 11 is 8.04. The third-order valence-corrected chi connectivity index (χ3v) is 6.58. The second-order valence-electron chi connectivity index (χ2n) is 6.88. The van der Waals surface area contributed by atoms with Gasteiger partial charge in [0.15, 0.2) is 0 Å². The summed E-state index contributed by atoms with van der Waals surface area (Å²) in [5, 5.41) is 17.6. The molecule has 1 aromatic heterocycles. The monoisotopic (exact) mass is 565 g/mol. The fourth-order valence-electron chi connectivity index (χ4n) is 2.71. The molecule has 0 bridgehead atoms. The Hall–Kier alpha value is -2.30. The van der Waals surface area contributed by atoms with Crippen molar-refractivity contribution in [2.45, 2.75) is 26.3 Å². The lowest BCUT2D eigenvalue weighted by Crippen LogP contribution is -2.49. The zero-order valence-electron chi connectivity index (χ0n) is 16.9. The van der Waals surface area contributed by atoms with E-state index < -0.39 is 12.1 Å². The number of amides is 3. The van der Waals surface area contributed by atoms with Gasteiger partial charge in [0.1, 0.15) is 11.0 Å². The first-order valence-corrected chi connectivity index (χ1v) is 12.0. The van der Waals surface area contributed by atoms with Crippen molar-refractivity contribution in [3.05, 3.63) is 57.5 Å². The normalized spacial score (nSPS) is 12.6. The fraction of sp³-hybridized carbons (Fsp3) is 0.238. The Morgan fingerprint density at radius 1 is 0.968 bits per heavy atom. The lowest BCUT2D eigenvalue weighted by Gasteiger charge is -2.23. The number of urea groups is 1. The average Bonchev–Trinajstić information content (AvgIpc) is 3.22. The van der Waals surface area contributed by atoms with E-state index in [1.54, 1.807) is 12.1 Å². The second-order valence-corrected chi connectivity index (χ2v) is 9.69. The van der Waals surface area contributed by atoms with E-state index in [0.717, 1.165) is 20.9 Å². The van der Waals surface area contributed by atoms with Crippen LogP contribution in [0.25, 0.3) is 10.6 Å². The first-order chi connectivity index (χ1) is 14.9. The van der Waals surface area contributed by atoms with Crippen molar-refractivity contribution in [1.82, 2.24) is 15.5 Å². The number of nitrogens with zero attached hydrogens (tertiary/aromatic N) is 2. The van der Waals surface area contributed by atoms with Crippen molar-refractivity contribution in [3.8, 4) is 10.6 Å². The topological polar surface area (TPSA) is 96.0 Å². The molecule has 0 fully saturated rings. The van der Waals surface area contributed by atoms with E-state index in [2.05, 4.69) is 58.0 Å². The van der Waals surface area contributed by atoms with Gasteiger partial charge in [0, 0.05) is 20.2 Å². The molecular weight excluding hydrogens is 546 g/mol. The Morgan fingerprint density at radius 2 is 1.58 bits per heavy atom. The number of rotatable bonds is 7. The molecule has 10 heteroatoms. The number of carbonyl (C=O) groups excluding carboxylic acids is 2. The molecule has 0 aliphatic carbocycles. The highest BCUT2D eigenvalue weighted by Gasteiger charge is 2.27. The average molecular weight is 567 g/mol. The summed E-state index contributed by atoms with van der Waals surface area (Å²) < 4.78 is 1.88. The molecule has 3 N–H and O–H groups in total. The number of anilines is 2. The predicted molar refractivity (Wildman–Crippen MR) is 131 cm³/mol. The lowest BCUT2D eigenvalue weighted by atomic mass is 9.98. The smallest absolute Gasteiger partial charge is 0.319 e. The molecule has 3 rings (SSSR count). The van der Waals surface area contributed by atoms with Gasteiger partial charge < -0.3 is 10.6 Å². The number of nitrogens with one attached hydrogen (secondary N) is 3. The SMILES string of the molecule is CC[C@@H](C)[C@H](NC(=O)Nc1ccc(Br)cc1)C(=O)Nc1nnc(-c2ccc(Br)cc2)s1. The van der Waals surface area contributed by atoms with Crippen LogP contribution in [0.4, 0.5) is 15.6 Å². The Morgan fingerprint density at radius 3 is 2.19 bits per heavy atom. The highest BCUT2D eigenvalue weighted by atomic mass is 79.9. The van der Waals surface area contributed by atoms with E-state index in [0.29, 0.717) is 15.8 Å². The largest absolute Gasteiger partial charge is 0.326 e. The van der Waals surface area contributed by atoms with Crippen LogP contribution in [-0.4, -0.2) is 28.2 Å². The van der Waals surface area contributed by atoms with Crippen LogP contribution in [0.3, 0.4) is 0 Å². The summed E-state index contributed by atoms with van der Waals surface area (Å²) in [5.41, 5.74) is 1.54. The number of hydrogen-bond donors (Lipinski definition) is 3. The molecular formula is C21H21Br2N5O2S. The number of aromatic nitrogens is 2. The van der Waals surface area contributed by atoms with E-state index >= 15 is 0 Å². The van der Waals surface area contributed by atoms with E-state index in [4.69, 9.17) is 0 Å². The minimum Gasteiger partial charge on any atom is -0.326 e. The molecule has 3 aromatic rings. The van der Waals surface area contributed by atoms with Gasteiger partial charge in [-0.1, -0.05) is 75.6 Å². The van der Waals surface area contributed by atoms with Crippen LogP contribution in [0, 0.1) is 5.92 Å². The van der Waals surface area contributed by atoms with E-state index in [-0.39, 0.29) is 11.8 Å². The van der Waals surface area contributed by atoms with E-state index in [1.165, 1.54) is 11.3 Å². The highest BCUT2D eigenvalue weighted by molar-refractivity contribution is 9.10. The molecule has 0 saturated carbocycles. The van der Waals surface area contributed by atoms with Crippen LogP contribution in [0.5, 0.6) is 0 Å². The van der Waals surface area contributed by atoms with Crippen molar-refractivity contribution in [2.24, 2.45) is 5.92 Å². The molecule has 2 atom stereocenters. The molecule has 3 amide bonds. The quantitative estimate of drug-likeness (QED) is 0.331. The summed E-state index contributed by atoms with van der Waals surface area (Å²) in [6, 6.07) is 13.7. The Bertz CT molecular complexity index is 1040. The Kier molecular flexibility index (Phi) is 8.16. The molecule has 0 aliphatic rings. The van der Waals surface area contributed by atoms with E-state index in [9.17, 15) is 9.59 Å². The van der Waals surface area contributed by atoms with Gasteiger partial charge in [-0.25, -0.2) is 4.79 Å². The summed E-state index contributed by atoms with van der Waals surface area (Å²) in [7, 11) is 0. The van der Waals surface area contributed by atoms with Crippen molar-refractivity contribution in [2.75, 3.05) is 10.6 Å². The van der Waals surface area contributed by atoms with E-state index in [1.807, 2.05) is 50.2 Å². The van der Waals surface area contributed by atoms with Gasteiger partial charge in [0.2, 0.25) is 11.0 Å². The molecule has 7 nitrogen and oxygen atoms in total. The van der Waals surface area contributed by atoms with Crippen molar-refractivity contribution in [1.29, 1.82) is 0 Å². The maximum absolute atomic E-state index is 12.9. The first-order valence-electron chi connectivity index (χ1n) is 9.59. The zero-order chi connectivity index (χ0) is 22.4. The Balaban J connectivity index is 1.66. The molecule has 0 unspecified atom stereocenters. The van der Waals surface area contributed by atoms with Gasteiger partial charge in [-0.2, -0.15) is 0 Å². The summed E-state index contributed by atoms with van der Waals surface area (Å²) in [5.74, 6) is -0.409. The maximum Gasteiger partial charge on any atom is 0.319 e. The number of halogens is 2. The predicted octanol–water partition coefficient (Wildman–Crippen LogP) is 5.91. The lowest BCUT2D eigenvalue weighted by molar-refractivity contribution is -0.119. The van der Waals surface area contributed by atoms with Gasteiger partial charge in [-0.3, -0.25) is 10.1 Å². The highest BCUT2D eigenvalue weighted by Crippen LogP contribution is 2.27. The Labute approximate surface area is 201 Å². The molecule has 0 saturated heterocycles. The number of carbonyl (C=O) groups is 2. The van der Waals surface area contributed by atoms with Crippen LogP contribution in [0.2, 0.25) is 0 Å². The van der Waals surface area contributed by atoms with Gasteiger partial charge in [-0.15, -0.1) is 10.2 Å². The standard InChI is InChI=1S/C21H21Br2N5O2S/c1-3-12(2)17(25-20(30)24-16-10-8-15(23)9-11-16)18(29)26-21-28-27-19(31-21)13-4-6-14(22)7-5-13/h4-12,17H,3H2,1-2H3,(H2,24,25,30)(H,26,28,29)/t12-,17+/m1/s1. The number of benzene rings is 2. The van der Waals surface area contributed by atoms with Crippen molar-refractivity contribution in [3.63, 3.8) is 0 Å². The van der Waals surface area contributed by atoms with Crippen LogP contribution < -0.4 is 16.0 Å². The summed E-state index contributed by atoms with van der Waals surface area (Å²) in [6.45, 7) is 3.88. The van der Waals surface area contributed by atoms with Gasteiger partial charge in [-0.05, 0) is 42.3 Å². The molecule has 162 valence electrons. The second kappa shape index (κ2) is 10.8. The molecule has 2 aromatic carbocycles. The molecule has 31 heavy (non-hydrogen) atoms. The van der Waals surface area contributed by atoms with Crippen molar-refractivity contribution < 1.29 is 9.59 Å². The third-order valence-electron chi connectivity index (χ3n) is 4.63. The minimum absolute atomic E-state index is 0.0745. The fourth-order valence-corrected chi connectivity index (χ4v) is 3.99. The molecule has 1 heterocycles. The molecule has 0 radical (unpaired) electrons. The summed E-state index contributed by atoms with van der Waals surface area (Å²) in [6.07, 6.45) is 0.719. The van der Waals surface area contributed by atoms with Gasteiger partial charge in [0.25, 0.3) is 0 Å².